The zero-order chi connectivity index (χ0) is 14.0. The van der Waals surface area contributed by atoms with Crippen LogP contribution in [0.15, 0.2) is 34.9 Å². The van der Waals surface area contributed by atoms with Gasteiger partial charge in [-0.1, -0.05) is 28.1 Å². The second-order valence-corrected chi connectivity index (χ2v) is 5.45. The number of nitrogens with two attached hydrogens (primary N) is 1. The molecule has 5 heteroatoms. The van der Waals surface area contributed by atoms with Gasteiger partial charge in [-0.3, -0.25) is 4.98 Å². The molecule has 98 valence electrons. The zero-order valence-corrected chi connectivity index (χ0v) is 13.0. The van der Waals surface area contributed by atoms with E-state index < -0.39 is 0 Å². The largest absolute Gasteiger partial charge is 0.457 e. The van der Waals surface area contributed by atoms with E-state index in [2.05, 4.69) is 20.9 Å². The summed E-state index contributed by atoms with van der Waals surface area (Å²) in [4.78, 5) is 4.33. The summed E-state index contributed by atoms with van der Waals surface area (Å²) in [5, 5.41) is 0. The third-order valence-electron chi connectivity index (χ3n) is 2.63. The van der Waals surface area contributed by atoms with Gasteiger partial charge in [-0.2, -0.15) is 0 Å². The molecule has 0 atom stereocenters. The highest BCUT2D eigenvalue weighted by atomic mass is 79.9. The van der Waals surface area contributed by atoms with Crippen LogP contribution in [-0.4, -0.2) is 9.97 Å². The summed E-state index contributed by atoms with van der Waals surface area (Å²) in [6.07, 6.45) is 1.63. The second-order valence-electron chi connectivity index (χ2n) is 4.21. The Hall–Kier alpha value is -1.46. The molecule has 0 bridgehead atoms. The minimum atomic E-state index is 0.258. The molecule has 0 saturated heterocycles. The van der Waals surface area contributed by atoms with Crippen LogP contribution in [0.2, 0.25) is 0 Å². The van der Waals surface area contributed by atoms with Crippen LogP contribution in [0.3, 0.4) is 0 Å². The first-order chi connectivity index (χ1) is 8.97. The predicted octanol–water partition coefficient (Wildman–Crippen LogP) is 3.89. The average molecular weight is 337 g/mol. The van der Waals surface area contributed by atoms with Gasteiger partial charge in [-0.05, 0) is 43.2 Å². The maximum atomic E-state index is 5.81. The molecule has 2 rings (SSSR count). The van der Waals surface area contributed by atoms with Crippen LogP contribution in [0.25, 0.3) is 0 Å². The number of aryl methyl sites for hydroxylation is 2. The molecule has 0 saturated carbocycles. The monoisotopic (exact) mass is 336 g/mol. The van der Waals surface area contributed by atoms with E-state index in [-0.39, 0.29) is 4.99 Å². The first-order valence-electron chi connectivity index (χ1n) is 5.68. The van der Waals surface area contributed by atoms with E-state index in [1.54, 1.807) is 18.3 Å². The first-order valence-corrected chi connectivity index (χ1v) is 6.88. The van der Waals surface area contributed by atoms with Gasteiger partial charge in [-0.15, -0.1) is 0 Å². The van der Waals surface area contributed by atoms with Gasteiger partial charge in [0, 0.05) is 16.7 Å². The minimum Gasteiger partial charge on any atom is -0.457 e. The molecule has 0 aliphatic rings. The maximum absolute atomic E-state index is 5.81. The van der Waals surface area contributed by atoms with Gasteiger partial charge in [-0.25, -0.2) is 0 Å². The molecular formula is C14H13BrN2OS. The summed E-state index contributed by atoms with van der Waals surface area (Å²) in [6.45, 7) is 4.05. The molecule has 19 heavy (non-hydrogen) atoms. The van der Waals surface area contributed by atoms with Gasteiger partial charge in [0.1, 0.15) is 22.2 Å². The normalized spacial score (nSPS) is 10.3. The van der Waals surface area contributed by atoms with E-state index >= 15 is 0 Å². The van der Waals surface area contributed by atoms with Crippen LogP contribution in [0.1, 0.15) is 16.8 Å². The van der Waals surface area contributed by atoms with Crippen molar-refractivity contribution in [2.24, 2.45) is 5.73 Å². The highest BCUT2D eigenvalue weighted by molar-refractivity contribution is 9.10. The smallest absolute Gasteiger partial charge is 0.131 e. The van der Waals surface area contributed by atoms with Crippen molar-refractivity contribution in [1.82, 2.24) is 4.98 Å². The molecule has 2 aromatic rings. The fraction of sp³-hybridized carbons (Fsp3) is 0.143. The molecule has 1 heterocycles. The Labute approximate surface area is 125 Å². The third kappa shape index (κ3) is 3.30. The number of hydrogen-bond donors (Lipinski definition) is 1. The summed E-state index contributed by atoms with van der Waals surface area (Å²) in [7, 11) is 0. The standard InChI is InChI=1S/C14H13BrN2OS/c1-8-5-11(6-9(2)13(8)15)18-10-3-4-17-12(7-10)14(16)19/h3-7H,1-2H3,(H2,16,19). The van der Waals surface area contributed by atoms with E-state index in [4.69, 9.17) is 22.7 Å². The van der Waals surface area contributed by atoms with Crippen molar-refractivity contribution >= 4 is 33.1 Å². The van der Waals surface area contributed by atoms with Crippen molar-refractivity contribution in [1.29, 1.82) is 0 Å². The molecule has 3 nitrogen and oxygen atoms in total. The lowest BCUT2D eigenvalue weighted by atomic mass is 10.1. The van der Waals surface area contributed by atoms with Gasteiger partial charge >= 0.3 is 0 Å². The summed E-state index contributed by atoms with van der Waals surface area (Å²) < 4.78 is 6.91. The van der Waals surface area contributed by atoms with Gasteiger partial charge in [0.05, 0.1) is 0 Å². The van der Waals surface area contributed by atoms with E-state index in [1.165, 1.54) is 0 Å². The summed E-state index contributed by atoms with van der Waals surface area (Å²) in [6, 6.07) is 7.44. The Kier molecular flexibility index (Phi) is 4.17. The summed E-state index contributed by atoms with van der Waals surface area (Å²) in [5.41, 5.74) is 8.35. The fourth-order valence-electron chi connectivity index (χ4n) is 1.71. The minimum absolute atomic E-state index is 0.258. The number of rotatable bonds is 3. The lowest BCUT2D eigenvalue weighted by molar-refractivity contribution is 0.481. The molecule has 0 radical (unpaired) electrons. The van der Waals surface area contributed by atoms with E-state index in [0.29, 0.717) is 11.4 Å². The summed E-state index contributed by atoms with van der Waals surface area (Å²) in [5.74, 6) is 1.44. The van der Waals surface area contributed by atoms with Crippen LogP contribution in [-0.2, 0) is 0 Å². The Morgan fingerprint density at radius 1 is 1.21 bits per heavy atom. The molecular weight excluding hydrogens is 324 g/mol. The van der Waals surface area contributed by atoms with Crippen molar-refractivity contribution in [3.63, 3.8) is 0 Å². The molecule has 0 unspecified atom stereocenters. The number of benzene rings is 1. The van der Waals surface area contributed by atoms with Crippen molar-refractivity contribution in [3.05, 3.63) is 51.8 Å². The number of pyridine rings is 1. The lowest BCUT2D eigenvalue weighted by Gasteiger charge is -2.10. The summed E-state index contributed by atoms with van der Waals surface area (Å²) >= 11 is 8.43. The van der Waals surface area contributed by atoms with Crippen LogP contribution in [0.5, 0.6) is 11.5 Å². The molecule has 1 aromatic carbocycles. The number of ether oxygens (including phenoxy) is 1. The predicted molar refractivity (Wildman–Crippen MR) is 83.8 cm³/mol. The maximum Gasteiger partial charge on any atom is 0.131 e. The van der Waals surface area contributed by atoms with Crippen LogP contribution in [0.4, 0.5) is 0 Å². The Bertz CT molecular complexity index is 620. The van der Waals surface area contributed by atoms with E-state index in [9.17, 15) is 0 Å². The Morgan fingerprint density at radius 2 is 1.84 bits per heavy atom. The quantitative estimate of drug-likeness (QED) is 0.864. The highest BCUT2D eigenvalue weighted by Crippen LogP contribution is 2.29. The van der Waals surface area contributed by atoms with Crippen LogP contribution < -0.4 is 10.5 Å². The van der Waals surface area contributed by atoms with Gasteiger partial charge in [0.2, 0.25) is 0 Å². The number of halogens is 1. The zero-order valence-electron chi connectivity index (χ0n) is 10.6. The van der Waals surface area contributed by atoms with Gasteiger partial charge in [0.25, 0.3) is 0 Å². The second kappa shape index (κ2) is 5.67. The van der Waals surface area contributed by atoms with Crippen molar-refractivity contribution < 1.29 is 4.74 Å². The van der Waals surface area contributed by atoms with Crippen molar-refractivity contribution in [2.45, 2.75) is 13.8 Å². The molecule has 2 N–H and O–H groups in total. The van der Waals surface area contributed by atoms with Crippen molar-refractivity contribution in [3.8, 4) is 11.5 Å². The number of thiocarbonyl (C=S) groups is 1. The molecule has 0 amide bonds. The molecule has 0 fully saturated rings. The first kappa shape index (κ1) is 14.0. The molecule has 0 spiro atoms. The van der Waals surface area contributed by atoms with Crippen LogP contribution >= 0.6 is 28.1 Å². The lowest BCUT2D eigenvalue weighted by Crippen LogP contribution is -2.11. The number of aromatic nitrogens is 1. The van der Waals surface area contributed by atoms with Crippen LogP contribution in [0, 0.1) is 13.8 Å². The number of nitrogens with zero attached hydrogens (tertiary/aromatic N) is 1. The van der Waals surface area contributed by atoms with E-state index in [0.717, 1.165) is 21.3 Å². The third-order valence-corrected chi connectivity index (χ3v) is 4.09. The van der Waals surface area contributed by atoms with Crippen molar-refractivity contribution in [2.75, 3.05) is 0 Å². The molecule has 1 aromatic heterocycles. The molecule has 0 aliphatic heterocycles. The SMILES string of the molecule is Cc1cc(Oc2ccnc(C(N)=S)c2)cc(C)c1Br. The topological polar surface area (TPSA) is 48.1 Å². The molecule has 0 aliphatic carbocycles. The highest BCUT2D eigenvalue weighted by Gasteiger charge is 2.06. The Morgan fingerprint density at radius 3 is 2.42 bits per heavy atom. The Balaban J connectivity index is 2.31. The van der Waals surface area contributed by atoms with Gasteiger partial charge < -0.3 is 10.5 Å². The number of hydrogen-bond acceptors (Lipinski definition) is 3. The van der Waals surface area contributed by atoms with Gasteiger partial charge in [0.15, 0.2) is 0 Å². The fourth-order valence-corrected chi connectivity index (χ4v) is 2.05. The van der Waals surface area contributed by atoms with E-state index in [1.807, 2.05) is 26.0 Å². The average Bonchev–Trinajstić information content (AvgIpc) is 2.36.